The Morgan fingerprint density at radius 1 is 1.13 bits per heavy atom. The van der Waals surface area contributed by atoms with Crippen molar-refractivity contribution >= 4 is 17.4 Å². The summed E-state index contributed by atoms with van der Waals surface area (Å²) in [4.78, 5) is 28.9. The molecule has 1 unspecified atom stereocenters. The third kappa shape index (κ3) is 2.53. The number of carbonyl (C=O) groups is 1. The van der Waals surface area contributed by atoms with Gasteiger partial charge in [0.15, 0.2) is 0 Å². The Balaban J connectivity index is 1.62. The molecule has 0 bridgehead atoms. The number of nitrogens with two attached hydrogens (primary N) is 1. The summed E-state index contributed by atoms with van der Waals surface area (Å²) >= 11 is 0. The minimum absolute atomic E-state index is 0.0346. The predicted octanol–water partition coefficient (Wildman–Crippen LogP) is -0.198. The van der Waals surface area contributed by atoms with Crippen LogP contribution in [0.4, 0.5) is 11.5 Å². The first kappa shape index (κ1) is 14.7. The van der Waals surface area contributed by atoms with Crippen molar-refractivity contribution in [2.24, 2.45) is 5.73 Å². The van der Waals surface area contributed by atoms with Crippen molar-refractivity contribution in [2.75, 3.05) is 36.4 Å². The lowest BCUT2D eigenvalue weighted by molar-refractivity contribution is -0.118. The number of carbonyl (C=O) groups excluding carboxylic acids is 1. The molecule has 1 amide bonds. The van der Waals surface area contributed by atoms with Crippen LogP contribution < -0.4 is 21.5 Å². The largest absolute Gasteiger partial charge is 0.373 e. The second kappa shape index (κ2) is 5.65. The number of likely N-dealkylation sites (tertiary alicyclic amines) is 1. The highest BCUT2D eigenvalue weighted by molar-refractivity contribution is 6.02. The van der Waals surface area contributed by atoms with Crippen LogP contribution in [0.5, 0.6) is 0 Å². The molecule has 3 aliphatic heterocycles. The predicted molar refractivity (Wildman–Crippen MR) is 88.7 cm³/mol. The van der Waals surface area contributed by atoms with E-state index in [1.54, 1.807) is 16.7 Å². The Hall–Kier alpha value is -1.86. The van der Waals surface area contributed by atoms with Crippen molar-refractivity contribution in [3.8, 4) is 0 Å². The number of anilines is 2. The minimum Gasteiger partial charge on any atom is -0.373 e. The van der Waals surface area contributed by atoms with Gasteiger partial charge in [-0.25, -0.2) is 0 Å². The van der Waals surface area contributed by atoms with E-state index in [0.29, 0.717) is 19.1 Å². The molecule has 0 radical (unpaired) electrons. The fourth-order valence-electron chi connectivity index (χ4n) is 3.95. The molecular formula is C16H23N5O2. The monoisotopic (exact) mass is 317 g/mol. The van der Waals surface area contributed by atoms with E-state index in [2.05, 4.69) is 10.2 Å². The van der Waals surface area contributed by atoms with Crippen molar-refractivity contribution in [2.45, 2.75) is 37.9 Å². The second-order valence-corrected chi connectivity index (χ2v) is 6.76. The quantitative estimate of drug-likeness (QED) is 0.789. The van der Waals surface area contributed by atoms with Crippen LogP contribution in [0.15, 0.2) is 16.9 Å². The van der Waals surface area contributed by atoms with Crippen LogP contribution in [-0.2, 0) is 11.3 Å². The highest BCUT2D eigenvalue weighted by Gasteiger charge is 2.37. The van der Waals surface area contributed by atoms with Crippen LogP contribution >= 0.6 is 0 Å². The van der Waals surface area contributed by atoms with Crippen molar-refractivity contribution in [1.82, 2.24) is 9.47 Å². The minimum atomic E-state index is -0.0346. The van der Waals surface area contributed by atoms with Crippen LogP contribution in [0, 0.1) is 0 Å². The Morgan fingerprint density at radius 3 is 2.70 bits per heavy atom. The standard InChI is InChI=1S/C16H23N5O2/c17-11-3-6-19(7-4-11)10-12-5-8-20-14(22)2-1-13-16(20)21(12)15(23)9-18-13/h1-2,11-12,18H,3-10,17H2. The SMILES string of the molecule is NC1CCN(CC2CCn3c4c(ccc3=O)NCC(=O)N42)CC1. The van der Waals surface area contributed by atoms with Crippen LogP contribution in [0.1, 0.15) is 19.3 Å². The topological polar surface area (TPSA) is 83.6 Å². The van der Waals surface area contributed by atoms with Gasteiger partial charge in [0, 0.05) is 25.2 Å². The zero-order valence-electron chi connectivity index (χ0n) is 13.2. The molecule has 1 saturated heterocycles. The van der Waals surface area contributed by atoms with Crippen molar-refractivity contribution in [3.05, 3.63) is 22.5 Å². The lowest BCUT2D eigenvalue weighted by atomic mass is 10.0. The molecule has 1 aromatic rings. The van der Waals surface area contributed by atoms with E-state index in [0.717, 1.165) is 50.4 Å². The highest BCUT2D eigenvalue weighted by Crippen LogP contribution is 2.34. The molecule has 1 aromatic heterocycles. The molecule has 4 rings (SSSR count). The summed E-state index contributed by atoms with van der Waals surface area (Å²) in [5.74, 6) is 0.800. The zero-order valence-corrected chi connectivity index (χ0v) is 13.2. The van der Waals surface area contributed by atoms with Crippen LogP contribution in [0.3, 0.4) is 0 Å². The molecule has 0 spiro atoms. The van der Waals surface area contributed by atoms with Gasteiger partial charge in [-0.2, -0.15) is 0 Å². The fourth-order valence-corrected chi connectivity index (χ4v) is 3.95. The average Bonchev–Trinajstić information content (AvgIpc) is 2.56. The second-order valence-electron chi connectivity index (χ2n) is 6.76. The average molecular weight is 317 g/mol. The first-order chi connectivity index (χ1) is 11.1. The van der Waals surface area contributed by atoms with E-state index < -0.39 is 0 Å². The van der Waals surface area contributed by atoms with Gasteiger partial charge in [0.2, 0.25) is 5.91 Å². The number of nitrogens with one attached hydrogen (secondary N) is 1. The maximum Gasteiger partial charge on any atom is 0.252 e. The van der Waals surface area contributed by atoms with Gasteiger partial charge in [0.05, 0.1) is 18.3 Å². The molecule has 0 aliphatic carbocycles. The Kier molecular flexibility index (Phi) is 3.61. The Labute approximate surface area is 135 Å². The van der Waals surface area contributed by atoms with E-state index in [1.165, 1.54) is 0 Å². The van der Waals surface area contributed by atoms with Gasteiger partial charge < -0.3 is 16.0 Å². The van der Waals surface area contributed by atoms with Crippen LogP contribution in [-0.4, -0.2) is 53.6 Å². The van der Waals surface area contributed by atoms with Gasteiger partial charge in [0.25, 0.3) is 5.56 Å². The first-order valence-electron chi connectivity index (χ1n) is 8.41. The van der Waals surface area contributed by atoms with Gasteiger partial charge >= 0.3 is 0 Å². The molecule has 0 saturated carbocycles. The summed E-state index contributed by atoms with van der Waals surface area (Å²) in [5.41, 5.74) is 6.83. The van der Waals surface area contributed by atoms with Crippen molar-refractivity contribution in [3.63, 3.8) is 0 Å². The van der Waals surface area contributed by atoms with Gasteiger partial charge in [-0.1, -0.05) is 0 Å². The number of amides is 1. The molecule has 1 fully saturated rings. The maximum absolute atomic E-state index is 12.5. The summed E-state index contributed by atoms with van der Waals surface area (Å²) in [6.07, 6.45) is 2.86. The zero-order chi connectivity index (χ0) is 16.0. The van der Waals surface area contributed by atoms with Gasteiger partial charge in [-0.15, -0.1) is 0 Å². The lowest BCUT2D eigenvalue weighted by Crippen LogP contribution is -2.56. The van der Waals surface area contributed by atoms with Gasteiger partial charge in [-0.05, 0) is 38.4 Å². The van der Waals surface area contributed by atoms with E-state index in [1.807, 2.05) is 4.90 Å². The third-order valence-electron chi connectivity index (χ3n) is 5.23. The molecular weight excluding hydrogens is 294 g/mol. The number of rotatable bonds is 2. The molecule has 124 valence electrons. The molecule has 3 N–H and O–H groups in total. The van der Waals surface area contributed by atoms with Crippen molar-refractivity contribution in [1.29, 1.82) is 0 Å². The molecule has 1 atom stereocenters. The Morgan fingerprint density at radius 2 is 1.91 bits per heavy atom. The number of nitrogens with zero attached hydrogens (tertiary/aromatic N) is 3. The summed E-state index contributed by atoms with van der Waals surface area (Å²) in [5, 5.41) is 3.13. The summed E-state index contributed by atoms with van der Waals surface area (Å²) < 4.78 is 1.72. The summed E-state index contributed by atoms with van der Waals surface area (Å²) in [6, 6.07) is 3.81. The van der Waals surface area contributed by atoms with E-state index >= 15 is 0 Å². The summed E-state index contributed by atoms with van der Waals surface area (Å²) in [7, 11) is 0. The molecule has 7 nitrogen and oxygen atoms in total. The Bertz CT molecular complexity index is 678. The third-order valence-corrected chi connectivity index (χ3v) is 5.23. The molecule has 3 aliphatic rings. The van der Waals surface area contributed by atoms with E-state index in [9.17, 15) is 9.59 Å². The maximum atomic E-state index is 12.5. The number of pyridine rings is 1. The smallest absolute Gasteiger partial charge is 0.252 e. The number of hydrogen-bond acceptors (Lipinski definition) is 5. The normalized spacial score (nSPS) is 25.2. The van der Waals surface area contributed by atoms with Crippen molar-refractivity contribution < 1.29 is 4.79 Å². The van der Waals surface area contributed by atoms with Gasteiger partial charge in [0.1, 0.15) is 5.82 Å². The van der Waals surface area contributed by atoms with E-state index in [-0.39, 0.29) is 17.5 Å². The fraction of sp³-hybridized carbons (Fsp3) is 0.625. The molecule has 4 heterocycles. The van der Waals surface area contributed by atoms with Crippen LogP contribution in [0.2, 0.25) is 0 Å². The van der Waals surface area contributed by atoms with Crippen LogP contribution in [0.25, 0.3) is 0 Å². The highest BCUT2D eigenvalue weighted by atomic mass is 16.2. The number of aromatic nitrogens is 1. The molecule has 23 heavy (non-hydrogen) atoms. The van der Waals surface area contributed by atoms with Gasteiger partial charge in [-0.3, -0.25) is 19.1 Å². The van der Waals surface area contributed by atoms with E-state index in [4.69, 9.17) is 5.73 Å². The first-order valence-corrected chi connectivity index (χ1v) is 8.41. The molecule has 7 heteroatoms. The lowest BCUT2D eigenvalue weighted by Gasteiger charge is -2.44. The number of hydrogen-bond donors (Lipinski definition) is 2. The molecule has 0 aromatic carbocycles. The number of piperidine rings is 1. The summed E-state index contributed by atoms with van der Waals surface area (Å²) in [6.45, 7) is 3.82.